The van der Waals surface area contributed by atoms with E-state index in [2.05, 4.69) is 39.3 Å². The number of thiophene rings is 1. The van der Waals surface area contributed by atoms with Gasteiger partial charge in [-0.15, -0.1) is 11.3 Å². The van der Waals surface area contributed by atoms with Crippen LogP contribution in [-0.4, -0.2) is 15.7 Å². The number of carbonyl (C=O) groups excluding carboxylic acids is 1. The largest absolute Gasteiger partial charge is 0.489 e. The standard InChI is InChI=1S/C24H22BrN3O2S/c1-16-3-8-22(17(2)9-16)30-14-19-10-23(31-15-19)24(29)27-21-11-26-28(13-21)12-18-4-6-20(25)7-5-18/h3-11,13,15H,12,14H2,1-2H3,(H,27,29). The zero-order valence-electron chi connectivity index (χ0n) is 17.3. The van der Waals surface area contributed by atoms with Crippen molar-refractivity contribution < 1.29 is 9.53 Å². The molecule has 0 aliphatic rings. The minimum Gasteiger partial charge on any atom is -0.489 e. The zero-order valence-corrected chi connectivity index (χ0v) is 19.7. The molecule has 158 valence electrons. The first-order chi connectivity index (χ1) is 15.0. The molecule has 0 aliphatic heterocycles. The molecule has 2 aromatic heterocycles. The molecule has 4 rings (SSSR count). The van der Waals surface area contributed by atoms with Crippen LogP contribution in [0.4, 0.5) is 5.69 Å². The Labute approximate surface area is 193 Å². The molecular weight excluding hydrogens is 474 g/mol. The molecule has 0 radical (unpaired) electrons. The molecule has 7 heteroatoms. The smallest absolute Gasteiger partial charge is 0.265 e. The SMILES string of the molecule is Cc1ccc(OCc2csc(C(=O)Nc3cnn(Cc4ccc(Br)cc4)c3)c2)c(C)c1. The number of anilines is 1. The lowest BCUT2D eigenvalue weighted by Gasteiger charge is -2.08. The van der Waals surface area contributed by atoms with E-state index in [1.54, 1.807) is 10.9 Å². The van der Waals surface area contributed by atoms with Crippen molar-refractivity contribution in [1.82, 2.24) is 9.78 Å². The van der Waals surface area contributed by atoms with E-state index in [4.69, 9.17) is 4.74 Å². The third-order valence-corrected chi connectivity index (χ3v) is 6.26. The molecule has 0 spiro atoms. The van der Waals surface area contributed by atoms with Gasteiger partial charge in [-0.3, -0.25) is 9.48 Å². The van der Waals surface area contributed by atoms with Gasteiger partial charge in [-0.05, 0) is 54.6 Å². The number of nitrogens with zero attached hydrogens (tertiary/aromatic N) is 2. The highest BCUT2D eigenvalue weighted by Crippen LogP contribution is 2.22. The first-order valence-electron chi connectivity index (χ1n) is 9.82. The van der Waals surface area contributed by atoms with Crippen LogP contribution in [0.25, 0.3) is 0 Å². The van der Waals surface area contributed by atoms with Crippen molar-refractivity contribution in [2.75, 3.05) is 5.32 Å². The number of nitrogens with one attached hydrogen (secondary N) is 1. The predicted octanol–water partition coefficient (Wildman–Crippen LogP) is 6.20. The Bertz CT molecular complexity index is 1200. The molecule has 1 N–H and O–H groups in total. The molecule has 0 fully saturated rings. The van der Waals surface area contributed by atoms with E-state index >= 15 is 0 Å². The fraction of sp³-hybridized carbons (Fsp3) is 0.167. The van der Waals surface area contributed by atoms with E-state index in [0.717, 1.165) is 26.9 Å². The Morgan fingerprint density at radius 2 is 1.94 bits per heavy atom. The average molecular weight is 496 g/mol. The summed E-state index contributed by atoms with van der Waals surface area (Å²) in [6, 6.07) is 16.1. The summed E-state index contributed by atoms with van der Waals surface area (Å²) in [7, 11) is 0. The van der Waals surface area contributed by atoms with Crippen LogP contribution in [0.1, 0.15) is 31.9 Å². The summed E-state index contributed by atoms with van der Waals surface area (Å²) in [6.45, 7) is 5.16. The Balaban J connectivity index is 1.33. The number of benzene rings is 2. The van der Waals surface area contributed by atoms with Gasteiger partial charge in [-0.25, -0.2) is 0 Å². The van der Waals surface area contributed by atoms with Gasteiger partial charge in [-0.1, -0.05) is 45.8 Å². The van der Waals surface area contributed by atoms with Crippen LogP contribution < -0.4 is 10.1 Å². The van der Waals surface area contributed by atoms with Gasteiger partial charge >= 0.3 is 0 Å². The van der Waals surface area contributed by atoms with Gasteiger partial charge in [0.05, 0.1) is 23.3 Å². The molecule has 5 nitrogen and oxygen atoms in total. The van der Waals surface area contributed by atoms with Crippen LogP contribution >= 0.6 is 27.3 Å². The zero-order chi connectivity index (χ0) is 21.8. The molecule has 0 aliphatic carbocycles. The minimum absolute atomic E-state index is 0.147. The van der Waals surface area contributed by atoms with Gasteiger partial charge in [0, 0.05) is 16.2 Å². The first kappa shape index (κ1) is 21.3. The summed E-state index contributed by atoms with van der Waals surface area (Å²) in [4.78, 5) is 13.3. The summed E-state index contributed by atoms with van der Waals surface area (Å²) >= 11 is 4.84. The Kier molecular flexibility index (Phi) is 6.53. The van der Waals surface area contributed by atoms with E-state index in [1.807, 2.05) is 61.0 Å². The Hall–Kier alpha value is -2.90. The van der Waals surface area contributed by atoms with Crippen molar-refractivity contribution in [3.8, 4) is 5.75 Å². The normalized spacial score (nSPS) is 10.8. The topological polar surface area (TPSA) is 56.1 Å². The summed E-state index contributed by atoms with van der Waals surface area (Å²) in [5.74, 6) is 0.715. The molecule has 1 amide bonds. The number of ether oxygens (including phenoxy) is 1. The van der Waals surface area contributed by atoms with Crippen LogP contribution in [0.5, 0.6) is 5.75 Å². The van der Waals surface area contributed by atoms with Crippen LogP contribution in [0.3, 0.4) is 0 Å². The molecule has 2 aromatic carbocycles. The highest BCUT2D eigenvalue weighted by Gasteiger charge is 2.12. The van der Waals surface area contributed by atoms with E-state index in [9.17, 15) is 4.79 Å². The molecule has 4 aromatic rings. The average Bonchev–Trinajstić information content (AvgIpc) is 3.39. The lowest BCUT2D eigenvalue weighted by molar-refractivity contribution is 0.103. The number of amides is 1. The molecule has 0 unspecified atom stereocenters. The summed E-state index contributed by atoms with van der Waals surface area (Å²) in [5, 5.41) is 9.21. The molecule has 31 heavy (non-hydrogen) atoms. The maximum Gasteiger partial charge on any atom is 0.265 e. The van der Waals surface area contributed by atoms with Gasteiger partial charge in [0.1, 0.15) is 12.4 Å². The van der Waals surface area contributed by atoms with Gasteiger partial charge in [0.2, 0.25) is 0 Å². The molecular formula is C24H22BrN3O2S. The number of halogens is 1. The van der Waals surface area contributed by atoms with Crippen molar-refractivity contribution in [2.24, 2.45) is 0 Å². The van der Waals surface area contributed by atoms with E-state index in [-0.39, 0.29) is 5.91 Å². The van der Waals surface area contributed by atoms with Crippen LogP contribution in [0.2, 0.25) is 0 Å². The maximum atomic E-state index is 12.6. The second-order valence-electron chi connectivity index (χ2n) is 7.38. The second-order valence-corrected chi connectivity index (χ2v) is 9.21. The third kappa shape index (κ3) is 5.62. The van der Waals surface area contributed by atoms with Crippen molar-refractivity contribution >= 4 is 38.9 Å². The lowest BCUT2D eigenvalue weighted by atomic mass is 10.1. The van der Waals surface area contributed by atoms with Crippen LogP contribution in [0, 0.1) is 13.8 Å². The second kappa shape index (κ2) is 9.49. The fourth-order valence-electron chi connectivity index (χ4n) is 3.18. The quantitative estimate of drug-likeness (QED) is 0.331. The van der Waals surface area contributed by atoms with Crippen molar-refractivity contribution in [2.45, 2.75) is 27.0 Å². The molecule has 0 atom stereocenters. The van der Waals surface area contributed by atoms with Gasteiger partial charge in [0.25, 0.3) is 5.91 Å². The van der Waals surface area contributed by atoms with Gasteiger partial charge in [-0.2, -0.15) is 5.10 Å². The highest BCUT2D eigenvalue weighted by molar-refractivity contribution is 9.10. The highest BCUT2D eigenvalue weighted by atomic mass is 79.9. The first-order valence-corrected chi connectivity index (χ1v) is 11.5. The predicted molar refractivity (Wildman–Crippen MR) is 128 cm³/mol. The number of aryl methyl sites for hydroxylation is 2. The molecule has 2 heterocycles. The molecule has 0 bridgehead atoms. The Morgan fingerprint density at radius 1 is 1.13 bits per heavy atom. The van der Waals surface area contributed by atoms with Gasteiger partial charge < -0.3 is 10.1 Å². The minimum atomic E-state index is -0.147. The fourth-order valence-corrected chi connectivity index (χ4v) is 4.23. The van der Waals surface area contributed by atoms with E-state index in [0.29, 0.717) is 23.7 Å². The van der Waals surface area contributed by atoms with Gasteiger partial charge in [0.15, 0.2) is 0 Å². The van der Waals surface area contributed by atoms with Crippen molar-refractivity contribution in [1.29, 1.82) is 0 Å². The third-order valence-electron chi connectivity index (χ3n) is 4.75. The number of aromatic nitrogens is 2. The summed E-state index contributed by atoms with van der Waals surface area (Å²) < 4.78 is 8.76. The monoisotopic (exact) mass is 495 g/mol. The summed E-state index contributed by atoms with van der Waals surface area (Å²) in [5.41, 5.74) is 5.09. The lowest BCUT2D eigenvalue weighted by Crippen LogP contribution is -2.09. The van der Waals surface area contributed by atoms with Crippen LogP contribution in [0.15, 0.2) is 70.8 Å². The maximum absolute atomic E-state index is 12.6. The number of hydrogen-bond donors (Lipinski definition) is 1. The van der Waals surface area contributed by atoms with E-state index in [1.165, 1.54) is 16.9 Å². The number of carbonyl (C=O) groups is 1. The van der Waals surface area contributed by atoms with Crippen molar-refractivity contribution in [3.63, 3.8) is 0 Å². The number of hydrogen-bond acceptors (Lipinski definition) is 4. The Morgan fingerprint density at radius 3 is 2.71 bits per heavy atom. The molecule has 0 saturated carbocycles. The molecule has 0 saturated heterocycles. The van der Waals surface area contributed by atoms with Crippen LogP contribution in [-0.2, 0) is 13.2 Å². The van der Waals surface area contributed by atoms with Crippen molar-refractivity contribution in [3.05, 3.63) is 97.9 Å². The van der Waals surface area contributed by atoms with E-state index < -0.39 is 0 Å². The summed E-state index contributed by atoms with van der Waals surface area (Å²) in [6.07, 6.45) is 3.49. The number of rotatable bonds is 7.